The molecule has 0 bridgehead atoms. The number of thiazole rings is 1. The average Bonchev–Trinajstić information content (AvgIpc) is 3.05. The lowest BCUT2D eigenvalue weighted by Crippen LogP contribution is -2.27. The van der Waals surface area contributed by atoms with Crippen molar-refractivity contribution in [3.8, 4) is 11.1 Å². The molecule has 12 heteroatoms. The van der Waals surface area contributed by atoms with Crippen LogP contribution in [-0.4, -0.2) is 37.6 Å². The van der Waals surface area contributed by atoms with Gasteiger partial charge in [-0.15, -0.1) is 0 Å². The van der Waals surface area contributed by atoms with Crippen LogP contribution in [0.3, 0.4) is 0 Å². The second-order valence-electron chi connectivity index (χ2n) is 6.25. The maximum Gasteiger partial charge on any atom is 0.416 e. The molecule has 0 fully saturated rings. The Balaban J connectivity index is 2.12. The quantitative estimate of drug-likeness (QED) is 0.525. The van der Waals surface area contributed by atoms with Crippen molar-refractivity contribution in [1.29, 1.82) is 0 Å². The number of aliphatic hydroxyl groups is 1. The molecule has 3 rings (SSSR count). The zero-order valence-electron chi connectivity index (χ0n) is 15.4. The summed E-state index contributed by atoms with van der Waals surface area (Å²) < 4.78 is 67.5. The summed E-state index contributed by atoms with van der Waals surface area (Å²) >= 11 is 1.14. The van der Waals surface area contributed by atoms with Crippen LogP contribution in [0, 0.1) is 0 Å². The van der Waals surface area contributed by atoms with Gasteiger partial charge in [0.25, 0.3) is 0 Å². The van der Waals surface area contributed by atoms with Gasteiger partial charge in [0.15, 0.2) is 5.13 Å². The van der Waals surface area contributed by atoms with Gasteiger partial charge in [-0.3, -0.25) is 4.79 Å². The number of rotatable bonds is 6. The Kier molecular flexibility index (Phi) is 6.13. The number of aromatic nitrogens is 1. The predicted octanol–water partition coefficient (Wildman–Crippen LogP) is 3.21. The molecule has 7 nitrogen and oxygen atoms in total. The van der Waals surface area contributed by atoms with Crippen molar-refractivity contribution in [2.45, 2.75) is 18.0 Å². The predicted molar refractivity (Wildman–Crippen MR) is 107 cm³/mol. The SMILES string of the molecule is CC(=O)Nc1nc2ccc(-c3cc(C(F)(F)F)cc(S(=O)(=O)NCCO)c3)cc2s1. The van der Waals surface area contributed by atoms with E-state index in [1.54, 1.807) is 12.1 Å². The summed E-state index contributed by atoms with van der Waals surface area (Å²) in [6, 6.07) is 7.21. The van der Waals surface area contributed by atoms with Crippen LogP contribution in [0.25, 0.3) is 21.3 Å². The highest BCUT2D eigenvalue weighted by Gasteiger charge is 2.32. The van der Waals surface area contributed by atoms with E-state index in [-0.39, 0.29) is 18.0 Å². The number of hydrogen-bond donors (Lipinski definition) is 3. The maximum atomic E-state index is 13.4. The molecule has 30 heavy (non-hydrogen) atoms. The van der Waals surface area contributed by atoms with Crippen LogP contribution in [0.5, 0.6) is 0 Å². The van der Waals surface area contributed by atoms with E-state index in [9.17, 15) is 26.4 Å². The fraction of sp³-hybridized carbons (Fsp3) is 0.222. The normalized spacial score (nSPS) is 12.3. The summed E-state index contributed by atoms with van der Waals surface area (Å²) in [6.07, 6.45) is -4.76. The third-order valence-electron chi connectivity index (χ3n) is 3.95. The number of benzene rings is 2. The van der Waals surface area contributed by atoms with E-state index in [0.717, 1.165) is 23.5 Å². The molecular weight excluding hydrogens is 443 g/mol. The lowest BCUT2D eigenvalue weighted by Gasteiger charge is -2.13. The van der Waals surface area contributed by atoms with Crippen molar-refractivity contribution in [2.75, 3.05) is 18.5 Å². The highest BCUT2D eigenvalue weighted by Crippen LogP contribution is 2.36. The second-order valence-corrected chi connectivity index (χ2v) is 9.05. The molecule has 0 aliphatic heterocycles. The Morgan fingerprint density at radius 3 is 2.53 bits per heavy atom. The van der Waals surface area contributed by atoms with Crippen LogP contribution in [0.2, 0.25) is 0 Å². The van der Waals surface area contributed by atoms with E-state index >= 15 is 0 Å². The first-order chi connectivity index (χ1) is 14.0. The van der Waals surface area contributed by atoms with E-state index in [1.165, 1.54) is 13.0 Å². The van der Waals surface area contributed by atoms with Crippen LogP contribution < -0.4 is 10.0 Å². The second kappa shape index (κ2) is 8.30. The molecule has 0 aliphatic carbocycles. The van der Waals surface area contributed by atoms with E-state index in [1.807, 2.05) is 4.72 Å². The van der Waals surface area contributed by atoms with E-state index < -0.39 is 33.3 Å². The smallest absolute Gasteiger partial charge is 0.395 e. The molecule has 0 saturated carbocycles. The number of nitrogens with zero attached hydrogens (tertiary/aromatic N) is 1. The fourth-order valence-corrected chi connectivity index (χ4v) is 4.70. The summed E-state index contributed by atoms with van der Waals surface area (Å²) in [6.45, 7) is 0.503. The number of aliphatic hydroxyl groups excluding tert-OH is 1. The topological polar surface area (TPSA) is 108 Å². The van der Waals surface area contributed by atoms with Gasteiger partial charge in [-0.05, 0) is 41.5 Å². The fourth-order valence-electron chi connectivity index (χ4n) is 2.66. The molecule has 0 saturated heterocycles. The molecule has 0 aliphatic rings. The van der Waals surface area contributed by atoms with Crippen molar-refractivity contribution >= 4 is 42.6 Å². The van der Waals surface area contributed by atoms with Crippen LogP contribution in [-0.2, 0) is 21.0 Å². The van der Waals surface area contributed by atoms with Crippen molar-refractivity contribution < 1.29 is 31.5 Å². The van der Waals surface area contributed by atoms with Crippen molar-refractivity contribution in [3.63, 3.8) is 0 Å². The number of nitrogens with one attached hydrogen (secondary N) is 2. The Morgan fingerprint density at radius 1 is 1.17 bits per heavy atom. The number of fused-ring (bicyclic) bond motifs is 1. The molecule has 0 spiro atoms. The van der Waals surface area contributed by atoms with Crippen molar-refractivity contribution in [3.05, 3.63) is 42.0 Å². The number of carbonyl (C=O) groups excluding carboxylic acids is 1. The van der Waals surface area contributed by atoms with Crippen LogP contribution in [0.15, 0.2) is 41.3 Å². The van der Waals surface area contributed by atoms with Crippen LogP contribution >= 0.6 is 11.3 Å². The zero-order chi connectivity index (χ0) is 22.1. The number of carbonyl (C=O) groups is 1. The van der Waals surface area contributed by atoms with Gasteiger partial charge >= 0.3 is 6.18 Å². The molecule has 0 atom stereocenters. The number of anilines is 1. The first-order valence-corrected chi connectivity index (χ1v) is 10.8. The molecule has 3 N–H and O–H groups in total. The van der Waals surface area contributed by atoms with E-state index in [0.29, 0.717) is 27.0 Å². The summed E-state index contributed by atoms with van der Waals surface area (Å²) in [5, 5.41) is 11.7. The number of amides is 1. The molecule has 160 valence electrons. The highest BCUT2D eigenvalue weighted by atomic mass is 32.2. The average molecular weight is 459 g/mol. The zero-order valence-corrected chi connectivity index (χ0v) is 17.1. The van der Waals surface area contributed by atoms with Gasteiger partial charge in [0.2, 0.25) is 15.9 Å². The molecule has 0 radical (unpaired) electrons. The Bertz CT molecular complexity index is 1210. The molecule has 0 unspecified atom stereocenters. The highest BCUT2D eigenvalue weighted by molar-refractivity contribution is 7.89. The largest absolute Gasteiger partial charge is 0.416 e. The minimum atomic E-state index is -4.76. The number of halogens is 3. The molecule has 3 aromatic rings. The molecule has 1 amide bonds. The van der Waals surface area contributed by atoms with Gasteiger partial charge in [0.1, 0.15) is 0 Å². The molecule has 2 aromatic carbocycles. The summed E-state index contributed by atoms with van der Waals surface area (Å²) in [7, 11) is -4.25. The van der Waals surface area contributed by atoms with Gasteiger partial charge in [-0.1, -0.05) is 17.4 Å². The van der Waals surface area contributed by atoms with Crippen LogP contribution in [0.4, 0.5) is 18.3 Å². The standard InChI is InChI=1S/C18H16F3N3O4S2/c1-10(26)23-17-24-15-3-2-11(8-16(15)29-17)12-6-13(18(19,20)21)9-14(7-12)30(27,28)22-4-5-25/h2-3,6-9,22,25H,4-5H2,1H3,(H,23,24,26). The van der Waals surface area contributed by atoms with Crippen LogP contribution in [0.1, 0.15) is 12.5 Å². The Morgan fingerprint density at radius 2 is 1.90 bits per heavy atom. The Labute approximate surface area is 173 Å². The molecule has 1 heterocycles. The molecule has 1 aromatic heterocycles. The van der Waals surface area contributed by atoms with Gasteiger partial charge < -0.3 is 10.4 Å². The first kappa shape index (κ1) is 22.2. The monoisotopic (exact) mass is 459 g/mol. The minimum Gasteiger partial charge on any atom is -0.395 e. The van der Waals surface area contributed by atoms with E-state index in [2.05, 4.69) is 10.3 Å². The number of hydrogen-bond acceptors (Lipinski definition) is 6. The first-order valence-electron chi connectivity index (χ1n) is 8.51. The maximum absolute atomic E-state index is 13.4. The third-order valence-corrected chi connectivity index (χ3v) is 6.33. The molecular formula is C18H16F3N3O4S2. The minimum absolute atomic E-state index is 0.0468. The van der Waals surface area contributed by atoms with Gasteiger partial charge in [-0.2, -0.15) is 13.2 Å². The summed E-state index contributed by atoms with van der Waals surface area (Å²) in [5.74, 6) is -0.308. The van der Waals surface area contributed by atoms with E-state index in [4.69, 9.17) is 5.11 Å². The van der Waals surface area contributed by atoms with Crippen molar-refractivity contribution in [2.24, 2.45) is 0 Å². The third kappa shape index (κ3) is 4.95. The number of sulfonamides is 1. The van der Waals surface area contributed by atoms with Gasteiger partial charge in [-0.25, -0.2) is 18.1 Å². The summed E-state index contributed by atoms with van der Waals surface area (Å²) in [5.41, 5.74) is -0.180. The lowest BCUT2D eigenvalue weighted by molar-refractivity contribution is -0.137. The lowest BCUT2D eigenvalue weighted by atomic mass is 10.0. The Hall–Kier alpha value is -2.54. The van der Waals surface area contributed by atoms with Gasteiger partial charge in [0, 0.05) is 13.5 Å². The number of alkyl halides is 3. The summed E-state index contributed by atoms with van der Waals surface area (Å²) in [4.78, 5) is 14.8. The van der Waals surface area contributed by atoms with Gasteiger partial charge in [0.05, 0.1) is 27.3 Å². The van der Waals surface area contributed by atoms with Crippen molar-refractivity contribution in [1.82, 2.24) is 9.71 Å².